The molecular weight excluding hydrogens is 575 g/mol. The lowest BCUT2D eigenvalue weighted by Crippen LogP contribution is -2.47. The third kappa shape index (κ3) is 8.16. The Bertz CT molecular complexity index is 1500. The first-order valence-electron chi connectivity index (χ1n) is 14.4. The lowest BCUT2D eigenvalue weighted by molar-refractivity contribution is -0.192. The normalized spacial score (nSPS) is 16.7. The number of carboxylic acids is 1. The number of rotatable bonds is 7. The van der Waals surface area contributed by atoms with E-state index in [2.05, 4.69) is 29.6 Å². The highest BCUT2D eigenvalue weighted by Gasteiger charge is 2.39. The first-order valence-corrected chi connectivity index (χ1v) is 14.4. The number of nitrogens with one attached hydrogen (secondary N) is 1. The monoisotopic (exact) mass is 611 g/mol. The first kappa shape index (κ1) is 32.5. The van der Waals surface area contributed by atoms with Crippen LogP contribution >= 0.6 is 0 Å². The molecular formula is C33H36F3N3O5. The van der Waals surface area contributed by atoms with Crippen molar-refractivity contribution in [2.75, 3.05) is 11.4 Å². The largest absolute Gasteiger partial charge is 0.508 e. The number of benzene rings is 3. The van der Waals surface area contributed by atoms with Gasteiger partial charge < -0.3 is 26.2 Å². The van der Waals surface area contributed by atoms with Gasteiger partial charge in [-0.15, -0.1) is 0 Å². The predicted molar refractivity (Wildman–Crippen MR) is 159 cm³/mol. The molecule has 5 rings (SSSR count). The molecule has 2 aliphatic rings. The zero-order valence-electron chi connectivity index (χ0n) is 24.5. The number of carbonyl (C=O) groups is 3. The van der Waals surface area contributed by atoms with Crippen LogP contribution in [0, 0.1) is 19.8 Å². The number of aryl methyl sites for hydroxylation is 2. The fraction of sp³-hybridized carbons (Fsp3) is 0.364. The van der Waals surface area contributed by atoms with Crippen molar-refractivity contribution in [3.05, 3.63) is 94.0 Å². The number of halogens is 3. The Morgan fingerprint density at radius 1 is 0.977 bits per heavy atom. The number of carbonyl (C=O) groups excluding carboxylic acids is 2. The van der Waals surface area contributed by atoms with Crippen molar-refractivity contribution in [1.29, 1.82) is 0 Å². The topological polar surface area (TPSA) is 133 Å². The van der Waals surface area contributed by atoms with Gasteiger partial charge in [-0.25, -0.2) is 4.79 Å². The molecule has 1 fully saturated rings. The number of amides is 2. The zero-order valence-corrected chi connectivity index (χ0v) is 24.5. The Labute approximate surface area is 253 Å². The average molecular weight is 612 g/mol. The summed E-state index contributed by atoms with van der Waals surface area (Å²) in [6.07, 6.45) is -1.34. The van der Waals surface area contributed by atoms with Gasteiger partial charge in [0.1, 0.15) is 5.75 Å². The number of aromatic hydroxyl groups is 1. The predicted octanol–water partition coefficient (Wildman–Crippen LogP) is 5.11. The Morgan fingerprint density at radius 2 is 1.59 bits per heavy atom. The third-order valence-corrected chi connectivity index (χ3v) is 7.84. The summed E-state index contributed by atoms with van der Waals surface area (Å²) in [5.74, 6) is -2.43. The number of phenols is 1. The molecule has 234 valence electrons. The van der Waals surface area contributed by atoms with Crippen LogP contribution in [0.3, 0.4) is 0 Å². The molecule has 8 nitrogen and oxygen atoms in total. The first-order chi connectivity index (χ1) is 20.7. The van der Waals surface area contributed by atoms with Gasteiger partial charge in [0, 0.05) is 18.2 Å². The quantitative estimate of drug-likeness (QED) is 0.294. The second-order valence-electron chi connectivity index (χ2n) is 11.3. The van der Waals surface area contributed by atoms with Crippen LogP contribution in [0.25, 0.3) is 0 Å². The fourth-order valence-corrected chi connectivity index (χ4v) is 5.42. The summed E-state index contributed by atoms with van der Waals surface area (Å²) in [7, 11) is 0. The van der Waals surface area contributed by atoms with Gasteiger partial charge in [-0.1, -0.05) is 42.5 Å². The van der Waals surface area contributed by atoms with Crippen molar-refractivity contribution in [3.63, 3.8) is 0 Å². The van der Waals surface area contributed by atoms with Crippen molar-refractivity contribution in [1.82, 2.24) is 5.32 Å². The number of phenolic OH excluding ortho intramolecular Hbond substituents is 1. The number of aliphatic carboxylic acids is 1. The molecule has 1 aliphatic carbocycles. The standard InChI is InChI=1S/C31H35N3O3.C2HF3O2/c1-19-14-24(35)15-20(2)25(19)18-27(32)30(36)33-28-12-13-34(31(37)23-9-10-23)29-11-8-22(17-26(28)29)16-21-6-4-3-5-7-21;3-2(4,5)1(6)7/h3-8,11,14-15,17,23,27-28,35H,9-10,12-13,16,18,32H2,1-2H3,(H,33,36);(H,6,7)/t27-,28+;/m0./s1. The van der Waals surface area contributed by atoms with Crippen LogP contribution in [0.15, 0.2) is 60.7 Å². The molecule has 0 bridgehead atoms. The van der Waals surface area contributed by atoms with Crippen molar-refractivity contribution >= 4 is 23.5 Å². The molecule has 11 heteroatoms. The fourth-order valence-electron chi connectivity index (χ4n) is 5.42. The van der Waals surface area contributed by atoms with E-state index < -0.39 is 18.2 Å². The van der Waals surface area contributed by atoms with E-state index in [1.807, 2.05) is 43.0 Å². The van der Waals surface area contributed by atoms with Gasteiger partial charge in [-0.05, 0) is 97.5 Å². The molecule has 5 N–H and O–H groups in total. The van der Waals surface area contributed by atoms with Crippen LogP contribution in [-0.2, 0) is 27.2 Å². The number of anilines is 1. The van der Waals surface area contributed by atoms with Crippen molar-refractivity contribution in [2.24, 2.45) is 11.7 Å². The second-order valence-corrected chi connectivity index (χ2v) is 11.3. The number of alkyl halides is 3. The highest BCUT2D eigenvalue weighted by atomic mass is 19.4. The van der Waals surface area contributed by atoms with Crippen molar-refractivity contribution < 1.29 is 37.8 Å². The van der Waals surface area contributed by atoms with E-state index >= 15 is 0 Å². The van der Waals surface area contributed by atoms with Gasteiger partial charge in [0.2, 0.25) is 11.8 Å². The lowest BCUT2D eigenvalue weighted by atomic mass is 9.91. The summed E-state index contributed by atoms with van der Waals surface area (Å²) < 4.78 is 31.7. The van der Waals surface area contributed by atoms with Gasteiger partial charge in [0.15, 0.2) is 0 Å². The van der Waals surface area contributed by atoms with E-state index in [9.17, 15) is 27.9 Å². The molecule has 1 saturated carbocycles. The van der Waals surface area contributed by atoms with Crippen LogP contribution in [0.4, 0.5) is 18.9 Å². The smallest absolute Gasteiger partial charge is 0.490 e. The summed E-state index contributed by atoms with van der Waals surface area (Å²) >= 11 is 0. The van der Waals surface area contributed by atoms with Crippen LogP contribution in [0.2, 0.25) is 0 Å². The van der Waals surface area contributed by atoms with Gasteiger partial charge >= 0.3 is 12.1 Å². The maximum absolute atomic E-state index is 13.3. The Hall–Kier alpha value is -4.38. The molecule has 2 atom stereocenters. The summed E-state index contributed by atoms with van der Waals surface area (Å²) in [5, 5.41) is 20.2. The van der Waals surface area contributed by atoms with E-state index in [4.69, 9.17) is 15.6 Å². The maximum Gasteiger partial charge on any atom is 0.490 e. The van der Waals surface area contributed by atoms with E-state index in [1.165, 1.54) is 5.56 Å². The molecule has 1 heterocycles. The van der Waals surface area contributed by atoms with Gasteiger partial charge in [0.25, 0.3) is 0 Å². The SMILES string of the molecule is Cc1cc(O)cc(C)c1C[C@H](N)C(=O)N[C@@H]1CCN(C(=O)C2CC2)c2ccc(Cc3ccccc3)cc21.O=C(O)C(F)(F)F. The summed E-state index contributed by atoms with van der Waals surface area (Å²) in [5.41, 5.74) is 13.4. The number of hydrogen-bond acceptors (Lipinski definition) is 5. The Balaban J connectivity index is 0.000000566. The number of hydrogen-bond donors (Lipinski definition) is 4. The molecule has 3 aromatic rings. The third-order valence-electron chi connectivity index (χ3n) is 7.84. The molecule has 1 aliphatic heterocycles. The summed E-state index contributed by atoms with van der Waals surface area (Å²) in [4.78, 5) is 37.1. The van der Waals surface area contributed by atoms with Gasteiger partial charge in [0.05, 0.1) is 12.1 Å². The molecule has 44 heavy (non-hydrogen) atoms. The zero-order chi connectivity index (χ0) is 32.2. The summed E-state index contributed by atoms with van der Waals surface area (Å²) in [6.45, 7) is 4.42. The maximum atomic E-state index is 13.3. The van der Waals surface area contributed by atoms with Gasteiger partial charge in [-0.3, -0.25) is 9.59 Å². The number of fused-ring (bicyclic) bond motifs is 1. The highest BCUT2D eigenvalue weighted by Crippen LogP contribution is 2.39. The molecule has 0 unspecified atom stereocenters. The van der Waals surface area contributed by atoms with Gasteiger partial charge in [-0.2, -0.15) is 13.2 Å². The molecule has 0 radical (unpaired) electrons. The minimum atomic E-state index is -5.08. The molecule has 3 aromatic carbocycles. The Morgan fingerprint density at radius 3 is 2.16 bits per heavy atom. The minimum Gasteiger partial charge on any atom is -0.508 e. The van der Waals surface area contributed by atoms with E-state index in [0.29, 0.717) is 19.4 Å². The van der Waals surface area contributed by atoms with Crippen LogP contribution in [0.1, 0.15) is 58.7 Å². The second kappa shape index (κ2) is 13.5. The molecule has 0 saturated heterocycles. The average Bonchev–Trinajstić information content (AvgIpc) is 3.81. The molecule has 0 spiro atoms. The van der Waals surface area contributed by atoms with Crippen molar-refractivity contribution in [2.45, 2.75) is 64.2 Å². The van der Waals surface area contributed by atoms with E-state index in [-0.39, 0.29) is 29.5 Å². The molecule has 2 amide bonds. The summed E-state index contributed by atoms with van der Waals surface area (Å²) in [6, 6.07) is 19.0. The van der Waals surface area contributed by atoms with E-state index in [0.717, 1.165) is 52.8 Å². The highest BCUT2D eigenvalue weighted by molar-refractivity contribution is 5.98. The van der Waals surface area contributed by atoms with Crippen LogP contribution in [-0.4, -0.2) is 46.8 Å². The number of nitrogens with two attached hydrogens (primary N) is 1. The van der Waals surface area contributed by atoms with Crippen LogP contribution < -0.4 is 16.0 Å². The van der Waals surface area contributed by atoms with Crippen molar-refractivity contribution in [3.8, 4) is 5.75 Å². The Kier molecular flexibility index (Phi) is 9.98. The minimum absolute atomic E-state index is 0.133. The van der Waals surface area contributed by atoms with E-state index in [1.54, 1.807) is 12.1 Å². The number of carboxylic acid groups (broad SMARTS) is 1. The lowest BCUT2D eigenvalue weighted by Gasteiger charge is -2.35. The number of nitrogens with zero attached hydrogens (tertiary/aromatic N) is 1. The van der Waals surface area contributed by atoms with Crippen LogP contribution in [0.5, 0.6) is 5.75 Å². The molecule has 0 aromatic heterocycles.